The summed E-state index contributed by atoms with van der Waals surface area (Å²) in [7, 11) is 0. The highest BCUT2D eigenvalue weighted by atomic mass is 32.1. The van der Waals surface area contributed by atoms with Gasteiger partial charge in [-0.2, -0.15) is 0 Å². The van der Waals surface area contributed by atoms with Crippen LogP contribution in [-0.2, 0) is 4.74 Å². The van der Waals surface area contributed by atoms with Crippen molar-refractivity contribution in [3.8, 4) is 0 Å². The second-order valence-corrected chi connectivity index (χ2v) is 10.4. The SMILES string of the molecule is C[C@H](Nc1nc(C(=O)NCCC2CN(C(=O)OC(C)(C)C)C2)c2sccc2n1)c1ccccn1. The summed E-state index contributed by atoms with van der Waals surface area (Å²) in [5.41, 5.74) is 1.46. The van der Waals surface area contributed by atoms with Gasteiger partial charge in [-0.15, -0.1) is 11.3 Å². The van der Waals surface area contributed by atoms with E-state index in [0.29, 0.717) is 37.2 Å². The quantitative estimate of drug-likeness (QED) is 0.518. The summed E-state index contributed by atoms with van der Waals surface area (Å²) in [5, 5.41) is 8.13. The molecule has 10 heteroatoms. The van der Waals surface area contributed by atoms with E-state index in [4.69, 9.17) is 4.74 Å². The molecule has 0 unspecified atom stereocenters. The van der Waals surface area contributed by atoms with Crippen molar-refractivity contribution in [1.29, 1.82) is 0 Å². The Morgan fingerprint density at radius 1 is 1.24 bits per heavy atom. The molecule has 4 rings (SSSR count). The van der Waals surface area contributed by atoms with Gasteiger partial charge in [-0.1, -0.05) is 6.07 Å². The summed E-state index contributed by atoms with van der Waals surface area (Å²) in [6.07, 6.45) is 2.24. The van der Waals surface area contributed by atoms with Crippen LogP contribution in [0.3, 0.4) is 0 Å². The molecule has 0 radical (unpaired) electrons. The van der Waals surface area contributed by atoms with E-state index in [9.17, 15) is 9.59 Å². The number of amides is 2. The molecule has 2 amide bonds. The van der Waals surface area contributed by atoms with Gasteiger partial charge in [0, 0.05) is 25.8 Å². The van der Waals surface area contributed by atoms with Gasteiger partial charge in [0.1, 0.15) is 5.60 Å². The van der Waals surface area contributed by atoms with Crippen LogP contribution in [0, 0.1) is 5.92 Å². The maximum atomic E-state index is 13.0. The number of aromatic nitrogens is 3. The molecular formula is C24H30N6O3S. The molecule has 1 atom stereocenters. The van der Waals surface area contributed by atoms with Gasteiger partial charge in [0.25, 0.3) is 5.91 Å². The number of nitrogens with one attached hydrogen (secondary N) is 2. The van der Waals surface area contributed by atoms with Crippen LogP contribution in [-0.4, -0.2) is 57.1 Å². The highest BCUT2D eigenvalue weighted by Gasteiger charge is 2.33. The Bertz CT molecular complexity index is 1150. The predicted octanol–water partition coefficient (Wildman–Crippen LogP) is 4.25. The third kappa shape index (κ3) is 5.80. The summed E-state index contributed by atoms with van der Waals surface area (Å²) in [6.45, 7) is 9.35. The zero-order valence-electron chi connectivity index (χ0n) is 19.9. The van der Waals surface area contributed by atoms with Crippen LogP contribution < -0.4 is 10.6 Å². The van der Waals surface area contributed by atoms with Gasteiger partial charge in [-0.05, 0) is 63.6 Å². The van der Waals surface area contributed by atoms with Crippen molar-refractivity contribution in [2.24, 2.45) is 5.92 Å². The fourth-order valence-electron chi connectivity index (χ4n) is 3.68. The number of carbonyl (C=O) groups is 2. The molecule has 3 aromatic rings. The van der Waals surface area contributed by atoms with Crippen LogP contribution in [0.4, 0.5) is 10.7 Å². The first-order valence-corrected chi connectivity index (χ1v) is 12.3. The lowest BCUT2D eigenvalue weighted by molar-refractivity contribution is -0.00205. The first kappa shape index (κ1) is 23.9. The topological polar surface area (TPSA) is 109 Å². The van der Waals surface area contributed by atoms with Crippen molar-refractivity contribution in [1.82, 2.24) is 25.2 Å². The third-order valence-electron chi connectivity index (χ3n) is 5.44. The van der Waals surface area contributed by atoms with E-state index in [2.05, 4.69) is 25.6 Å². The van der Waals surface area contributed by atoms with Gasteiger partial charge in [-0.25, -0.2) is 14.8 Å². The largest absolute Gasteiger partial charge is 0.444 e. The predicted molar refractivity (Wildman–Crippen MR) is 132 cm³/mol. The standard InChI is InChI=1S/C24H30N6O3S/c1-15(17-7-5-6-10-25-17)27-22-28-18-9-12-34-20(18)19(29-22)21(31)26-11-8-16-13-30(14-16)23(32)33-24(2,3)4/h5-7,9-10,12,15-16H,8,11,13-14H2,1-4H3,(H,26,31)(H,27,28,29)/t15-/m0/s1. The number of hydrogen-bond acceptors (Lipinski definition) is 8. The number of carbonyl (C=O) groups excluding carboxylic acids is 2. The van der Waals surface area contributed by atoms with E-state index in [1.54, 1.807) is 11.1 Å². The zero-order chi connectivity index (χ0) is 24.3. The molecular weight excluding hydrogens is 452 g/mol. The van der Waals surface area contributed by atoms with E-state index in [-0.39, 0.29) is 18.0 Å². The highest BCUT2D eigenvalue weighted by Crippen LogP contribution is 2.26. The number of rotatable bonds is 7. The fraction of sp³-hybridized carbons (Fsp3) is 0.458. The van der Waals surface area contributed by atoms with E-state index >= 15 is 0 Å². The molecule has 2 N–H and O–H groups in total. The number of anilines is 1. The summed E-state index contributed by atoms with van der Waals surface area (Å²) in [5.74, 6) is 0.504. The number of thiophene rings is 1. The van der Waals surface area contributed by atoms with Gasteiger partial charge >= 0.3 is 6.09 Å². The fourth-order valence-corrected chi connectivity index (χ4v) is 4.50. The van der Waals surface area contributed by atoms with Gasteiger partial charge in [-0.3, -0.25) is 9.78 Å². The minimum Gasteiger partial charge on any atom is -0.444 e. The summed E-state index contributed by atoms with van der Waals surface area (Å²) < 4.78 is 6.14. The lowest BCUT2D eigenvalue weighted by Gasteiger charge is -2.39. The molecule has 9 nitrogen and oxygen atoms in total. The Morgan fingerprint density at radius 2 is 2.03 bits per heavy atom. The normalized spacial score (nSPS) is 15.0. The van der Waals surface area contributed by atoms with E-state index in [0.717, 1.165) is 22.3 Å². The second-order valence-electron chi connectivity index (χ2n) is 9.45. The smallest absolute Gasteiger partial charge is 0.410 e. The van der Waals surface area contributed by atoms with E-state index < -0.39 is 5.60 Å². The molecule has 34 heavy (non-hydrogen) atoms. The molecule has 0 saturated carbocycles. The summed E-state index contributed by atoms with van der Waals surface area (Å²) >= 11 is 1.45. The van der Waals surface area contributed by atoms with E-state index in [1.165, 1.54) is 11.3 Å². The van der Waals surface area contributed by atoms with Crippen molar-refractivity contribution < 1.29 is 14.3 Å². The van der Waals surface area contributed by atoms with E-state index in [1.807, 2.05) is 57.3 Å². The molecule has 4 heterocycles. The highest BCUT2D eigenvalue weighted by molar-refractivity contribution is 7.17. The van der Waals surface area contributed by atoms with Crippen molar-refractivity contribution in [3.05, 3.63) is 47.2 Å². The van der Waals surface area contributed by atoms with Crippen molar-refractivity contribution in [2.75, 3.05) is 25.0 Å². The number of hydrogen-bond donors (Lipinski definition) is 2. The second kappa shape index (κ2) is 9.92. The Labute approximate surface area is 203 Å². The molecule has 1 fully saturated rings. The summed E-state index contributed by atoms with van der Waals surface area (Å²) in [6, 6.07) is 7.50. The first-order valence-electron chi connectivity index (χ1n) is 11.4. The maximum absolute atomic E-state index is 13.0. The first-order chi connectivity index (χ1) is 16.2. The average molecular weight is 483 g/mol. The average Bonchev–Trinajstić information content (AvgIpc) is 3.22. The van der Waals surface area contributed by atoms with Crippen LogP contribution in [0.25, 0.3) is 10.2 Å². The summed E-state index contributed by atoms with van der Waals surface area (Å²) in [4.78, 5) is 40.2. The zero-order valence-corrected chi connectivity index (χ0v) is 20.7. The molecule has 0 bridgehead atoms. The Balaban J connectivity index is 1.33. The third-order valence-corrected chi connectivity index (χ3v) is 6.35. The van der Waals surface area contributed by atoms with Crippen molar-refractivity contribution >= 4 is 39.5 Å². The lowest BCUT2D eigenvalue weighted by atomic mass is 9.97. The molecule has 0 aromatic carbocycles. The molecule has 1 aliphatic heterocycles. The van der Waals surface area contributed by atoms with Crippen molar-refractivity contribution in [2.45, 2.75) is 45.8 Å². The minimum absolute atomic E-state index is 0.111. The number of nitrogens with zero attached hydrogens (tertiary/aromatic N) is 4. The van der Waals surface area contributed by atoms with Crippen LogP contribution >= 0.6 is 11.3 Å². The minimum atomic E-state index is -0.496. The van der Waals surface area contributed by atoms with Gasteiger partial charge in [0.15, 0.2) is 5.69 Å². The number of fused-ring (bicyclic) bond motifs is 1. The van der Waals surface area contributed by atoms with Crippen LogP contribution in [0.15, 0.2) is 35.8 Å². The van der Waals surface area contributed by atoms with Crippen LogP contribution in [0.2, 0.25) is 0 Å². The van der Waals surface area contributed by atoms with Gasteiger partial charge in [0.2, 0.25) is 5.95 Å². The lowest BCUT2D eigenvalue weighted by Crippen LogP contribution is -2.52. The number of pyridine rings is 1. The van der Waals surface area contributed by atoms with Crippen LogP contribution in [0.5, 0.6) is 0 Å². The van der Waals surface area contributed by atoms with Crippen LogP contribution in [0.1, 0.15) is 56.3 Å². The Hall–Kier alpha value is -3.27. The van der Waals surface area contributed by atoms with Crippen molar-refractivity contribution in [3.63, 3.8) is 0 Å². The molecule has 0 spiro atoms. The van der Waals surface area contributed by atoms with Gasteiger partial charge in [0.05, 0.1) is 22.0 Å². The molecule has 180 valence electrons. The molecule has 3 aromatic heterocycles. The number of ether oxygens (including phenoxy) is 1. The maximum Gasteiger partial charge on any atom is 0.410 e. The molecule has 1 saturated heterocycles. The Kier molecular flexibility index (Phi) is 6.97. The monoisotopic (exact) mass is 482 g/mol. The molecule has 0 aliphatic carbocycles. The van der Waals surface area contributed by atoms with Gasteiger partial charge < -0.3 is 20.3 Å². The Morgan fingerprint density at radius 3 is 2.74 bits per heavy atom. The number of likely N-dealkylation sites (tertiary alicyclic amines) is 1. The molecule has 1 aliphatic rings.